The Hall–Kier alpha value is -2.51. The molecule has 0 aliphatic carbocycles. The summed E-state index contributed by atoms with van der Waals surface area (Å²) in [6.07, 6.45) is 3.31. The summed E-state index contributed by atoms with van der Waals surface area (Å²) in [6, 6.07) is 13.0. The van der Waals surface area contributed by atoms with E-state index in [-0.39, 0.29) is 10.7 Å². The van der Waals surface area contributed by atoms with Crippen molar-refractivity contribution >= 4 is 10.0 Å². The van der Waals surface area contributed by atoms with Crippen LogP contribution in [0.1, 0.15) is 17.4 Å². The van der Waals surface area contributed by atoms with Gasteiger partial charge in [0.2, 0.25) is 10.0 Å². The van der Waals surface area contributed by atoms with Crippen LogP contribution in [0.2, 0.25) is 0 Å². The van der Waals surface area contributed by atoms with E-state index < -0.39 is 16.1 Å². The van der Waals surface area contributed by atoms with E-state index in [0.29, 0.717) is 11.4 Å². The molecule has 0 aliphatic rings. The van der Waals surface area contributed by atoms with E-state index in [0.717, 1.165) is 0 Å². The van der Waals surface area contributed by atoms with Crippen LogP contribution < -0.4 is 4.72 Å². The topological polar surface area (TPSA) is 64.0 Å². The summed E-state index contributed by atoms with van der Waals surface area (Å²) in [5.41, 5.74) is 0.602. The summed E-state index contributed by atoms with van der Waals surface area (Å²) in [5, 5.41) is 0. The average Bonchev–Trinajstić information content (AvgIpc) is 3.00. The molecule has 0 saturated carbocycles. The molecule has 0 fully saturated rings. The van der Waals surface area contributed by atoms with Gasteiger partial charge in [-0.25, -0.2) is 17.8 Å². The number of aryl methyl sites for hydroxylation is 1. The van der Waals surface area contributed by atoms with E-state index in [1.807, 2.05) is 0 Å². The fourth-order valence-corrected chi connectivity index (χ4v) is 3.61. The zero-order chi connectivity index (χ0) is 17.2. The van der Waals surface area contributed by atoms with Crippen LogP contribution in [0.15, 0.2) is 71.9 Å². The highest BCUT2D eigenvalue weighted by Gasteiger charge is 2.25. The number of benzene rings is 2. The molecule has 0 bridgehead atoms. The molecule has 1 aromatic heterocycles. The molecule has 7 heteroatoms. The third-order valence-corrected chi connectivity index (χ3v) is 5.09. The molecule has 2 aromatic carbocycles. The van der Waals surface area contributed by atoms with Crippen molar-refractivity contribution in [1.82, 2.24) is 14.3 Å². The average molecular weight is 345 g/mol. The van der Waals surface area contributed by atoms with Crippen LogP contribution in [-0.4, -0.2) is 18.0 Å². The number of nitrogens with one attached hydrogen (secondary N) is 1. The normalized spacial score (nSPS) is 12.9. The number of imidazole rings is 1. The number of hydrogen-bond donors (Lipinski definition) is 1. The molecular weight excluding hydrogens is 329 g/mol. The molecule has 5 nitrogen and oxygen atoms in total. The maximum atomic E-state index is 13.2. The zero-order valence-electron chi connectivity index (χ0n) is 12.9. The SMILES string of the molecule is Cn1ccnc1C(NS(=O)(=O)c1ccccc1)c1ccc(F)cc1. The monoisotopic (exact) mass is 345 g/mol. The third kappa shape index (κ3) is 3.37. The molecule has 0 saturated heterocycles. The summed E-state index contributed by atoms with van der Waals surface area (Å²) in [4.78, 5) is 4.39. The van der Waals surface area contributed by atoms with Crippen LogP contribution in [-0.2, 0) is 17.1 Å². The zero-order valence-corrected chi connectivity index (χ0v) is 13.7. The molecule has 1 atom stereocenters. The van der Waals surface area contributed by atoms with Crippen molar-refractivity contribution in [3.63, 3.8) is 0 Å². The van der Waals surface area contributed by atoms with Crippen LogP contribution in [0.3, 0.4) is 0 Å². The fraction of sp³-hybridized carbons (Fsp3) is 0.118. The Morgan fingerprint density at radius 1 is 1.08 bits per heavy atom. The van der Waals surface area contributed by atoms with Gasteiger partial charge in [0.15, 0.2) is 0 Å². The Morgan fingerprint density at radius 2 is 1.75 bits per heavy atom. The first-order chi connectivity index (χ1) is 11.5. The highest BCUT2D eigenvalue weighted by Crippen LogP contribution is 2.23. The highest BCUT2D eigenvalue weighted by atomic mass is 32.2. The van der Waals surface area contributed by atoms with E-state index >= 15 is 0 Å². The van der Waals surface area contributed by atoms with Gasteiger partial charge in [-0.1, -0.05) is 30.3 Å². The maximum Gasteiger partial charge on any atom is 0.241 e. The Kier molecular flexibility index (Phi) is 4.46. The van der Waals surface area contributed by atoms with Crippen molar-refractivity contribution in [1.29, 1.82) is 0 Å². The second kappa shape index (κ2) is 6.54. The van der Waals surface area contributed by atoms with Crippen LogP contribution >= 0.6 is 0 Å². The maximum absolute atomic E-state index is 13.2. The van der Waals surface area contributed by atoms with Gasteiger partial charge in [0.25, 0.3) is 0 Å². The van der Waals surface area contributed by atoms with Crippen molar-refractivity contribution in [3.8, 4) is 0 Å². The molecule has 3 rings (SSSR count). The minimum atomic E-state index is -3.76. The summed E-state index contributed by atoms with van der Waals surface area (Å²) in [7, 11) is -1.98. The van der Waals surface area contributed by atoms with Crippen LogP contribution in [0.4, 0.5) is 4.39 Å². The van der Waals surface area contributed by atoms with Gasteiger partial charge in [0, 0.05) is 19.4 Å². The number of rotatable bonds is 5. The van der Waals surface area contributed by atoms with Gasteiger partial charge < -0.3 is 4.57 Å². The van der Waals surface area contributed by atoms with Gasteiger partial charge in [0.1, 0.15) is 17.7 Å². The van der Waals surface area contributed by atoms with Gasteiger partial charge >= 0.3 is 0 Å². The van der Waals surface area contributed by atoms with Crippen LogP contribution in [0.25, 0.3) is 0 Å². The van der Waals surface area contributed by atoms with Crippen LogP contribution in [0.5, 0.6) is 0 Å². The highest BCUT2D eigenvalue weighted by molar-refractivity contribution is 7.89. The minimum absolute atomic E-state index is 0.159. The molecule has 1 unspecified atom stereocenters. The lowest BCUT2D eigenvalue weighted by molar-refractivity contribution is 0.562. The molecule has 3 aromatic rings. The number of hydrogen-bond acceptors (Lipinski definition) is 3. The number of aromatic nitrogens is 2. The quantitative estimate of drug-likeness (QED) is 0.773. The van der Waals surface area contributed by atoms with E-state index in [1.54, 1.807) is 54.3 Å². The lowest BCUT2D eigenvalue weighted by Crippen LogP contribution is -2.31. The first kappa shape index (κ1) is 16.4. The molecule has 0 amide bonds. The van der Waals surface area contributed by atoms with Gasteiger partial charge in [0.05, 0.1) is 4.90 Å². The summed E-state index contributed by atoms with van der Waals surface area (Å²) >= 11 is 0. The summed E-state index contributed by atoms with van der Waals surface area (Å²) in [6.45, 7) is 0. The molecule has 1 heterocycles. The van der Waals surface area contributed by atoms with Gasteiger partial charge in [-0.05, 0) is 29.8 Å². The van der Waals surface area contributed by atoms with Crippen molar-refractivity contribution in [2.24, 2.45) is 7.05 Å². The lowest BCUT2D eigenvalue weighted by atomic mass is 10.1. The van der Waals surface area contributed by atoms with Crippen LogP contribution in [0, 0.1) is 5.82 Å². The van der Waals surface area contributed by atoms with Gasteiger partial charge in [-0.3, -0.25) is 0 Å². The van der Waals surface area contributed by atoms with Crippen molar-refractivity contribution in [3.05, 3.63) is 84.2 Å². The lowest BCUT2D eigenvalue weighted by Gasteiger charge is -2.19. The fourth-order valence-electron chi connectivity index (χ4n) is 2.40. The van der Waals surface area contributed by atoms with Crippen molar-refractivity contribution < 1.29 is 12.8 Å². The Balaban J connectivity index is 2.03. The first-order valence-corrected chi connectivity index (χ1v) is 8.76. The van der Waals surface area contributed by atoms with Gasteiger partial charge in [-0.15, -0.1) is 0 Å². The Labute approximate surface area is 139 Å². The molecule has 0 spiro atoms. The van der Waals surface area contributed by atoms with E-state index in [1.165, 1.54) is 24.3 Å². The van der Waals surface area contributed by atoms with E-state index in [4.69, 9.17) is 0 Å². The molecular formula is C17H16FN3O2S. The summed E-state index contributed by atoms with van der Waals surface area (Å²) in [5.74, 6) is 0.129. The van der Waals surface area contributed by atoms with Crippen molar-refractivity contribution in [2.45, 2.75) is 10.9 Å². The molecule has 24 heavy (non-hydrogen) atoms. The smallest absolute Gasteiger partial charge is 0.241 e. The molecule has 124 valence electrons. The van der Waals surface area contributed by atoms with Gasteiger partial charge in [-0.2, -0.15) is 4.72 Å². The van der Waals surface area contributed by atoms with E-state index in [9.17, 15) is 12.8 Å². The third-order valence-electron chi connectivity index (χ3n) is 3.65. The first-order valence-electron chi connectivity index (χ1n) is 7.27. The Bertz CT molecular complexity index is 922. The summed E-state index contributed by atoms with van der Waals surface area (Å²) < 4.78 is 42.9. The predicted molar refractivity (Wildman–Crippen MR) is 88.2 cm³/mol. The molecule has 0 radical (unpaired) electrons. The largest absolute Gasteiger partial charge is 0.336 e. The molecule has 0 aliphatic heterocycles. The Morgan fingerprint density at radius 3 is 2.33 bits per heavy atom. The van der Waals surface area contributed by atoms with Crippen molar-refractivity contribution in [2.75, 3.05) is 0 Å². The van der Waals surface area contributed by atoms with E-state index in [2.05, 4.69) is 9.71 Å². The standard InChI is InChI=1S/C17H16FN3O2S/c1-21-12-11-19-17(21)16(13-7-9-14(18)10-8-13)20-24(22,23)15-5-3-2-4-6-15/h2-12,16,20H,1H3. The second-order valence-electron chi connectivity index (χ2n) is 5.32. The minimum Gasteiger partial charge on any atom is -0.336 e. The number of halogens is 1. The molecule has 1 N–H and O–H groups in total. The second-order valence-corrected chi connectivity index (χ2v) is 7.03. The number of nitrogens with zero attached hydrogens (tertiary/aromatic N) is 2. The number of sulfonamides is 1. The predicted octanol–water partition coefficient (Wildman–Crippen LogP) is 2.63.